The van der Waals surface area contributed by atoms with Crippen LogP contribution in [0, 0.1) is 0 Å². The average Bonchev–Trinajstić information content (AvgIpc) is 2.82. The number of benzene rings is 1. The zero-order chi connectivity index (χ0) is 11.3. The minimum Gasteiger partial charge on any atom is -0.454 e. The minimum atomic E-state index is -1.02. The first kappa shape index (κ1) is 9.90. The summed E-state index contributed by atoms with van der Waals surface area (Å²) in [5, 5.41) is 0. The van der Waals surface area contributed by atoms with Gasteiger partial charge in [0, 0.05) is 11.1 Å². The molecule has 0 spiro atoms. The number of hydrogen-bond donors (Lipinski definition) is 1. The van der Waals surface area contributed by atoms with Crippen molar-refractivity contribution in [2.24, 2.45) is 5.73 Å². The molecule has 3 rings (SSSR count). The highest BCUT2D eigenvalue weighted by Gasteiger charge is 2.44. The second-order valence-corrected chi connectivity index (χ2v) is 4.57. The second-order valence-electron chi connectivity index (χ2n) is 4.57. The Hall–Kier alpha value is -1.29. The SMILES string of the molecule is CC(F)c1cc2c(c(C3(N)CC3)c1)OCO2. The highest BCUT2D eigenvalue weighted by Crippen LogP contribution is 2.51. The van der Waals surface area contributed by atoms with E-state index in [1.165, 1.54) is 6.92 Å². The van der Waals surface area contributed by atoms with Gasteiger partial charge in [0.2, 0.25) is 6.79 Å². The van der Waals surface area contributed by atoms with Gasteiger partial charge in [0.25, 0.3) is 0 Å². The van der Waals surface area contributed by atoms with Gasteiger partial charge in [-0.3, -0.25) is 0 Å². The van der Waals surface area contributed by atoms with E-state index in [4.69, 9.17) is 15.2 Å². The standard InChI is InChI=1S/C12H14FNO2/c1-7(13)8-4-9(12(14)2-3-12)11-10(5-8)15-6-16-11/h4-5,7H,2-3,6,14H2,1H3. The first-order valence-electron chi connectivity index (χ1n) is 5.47. The molecule has 0 radical (unpaired) electrons. The molecule has 1 fully saturated rings. The molecule has 0 aromatic heterocycles. The normalized spacial score (nSPS) is 21.9. The van der Waals surface area contributed by atoms with Crippen LogP contribution in [0.3, 0.4) is 0 Å². The highest BCUT2D eigenvalue weighted by atomic mass is 19.1. The van der Waals surface area contributed by atoms with Crippen LogP contribution in [0.15, 0.2) is 12.1 Å². The van der Waals surface area contributed by atoms with Crippen LogP contribution in [0.2, 0.25) is 0 Å². The van der Waals surface area contributed by atoms with Gasteiger partial charge in [0.1, 0.15) is 6.17 Å². The van der Waals surface area contributed by atoms with Crippen LogP contribution < -0.4 is 15.2 Å². The molecule has 1 heterocycles. The largest absolute Gasteiger partial charge is 0.454 e. The number of rotatable bonds is 2. The highest BCUT2D eigenvalue weighted by molar-refractivity contribution is 5.55. The summed E-state index contributed by atoms with van der Waals surface area (Å²) in [5.74, 6) is 1.32. The van der Waals surface area contributed by atoms with Crippen molar-refractivity contribution >= 4 is 0 Å². The molecule has 1 aliphatic heterocycles. The number of hydrogen-bond acceptors (Lipinski definition) is 3. The molecular formula is C12H14FNO2. The van der Waals surface area contributed by atoms with Crippen molar-refractivity contribution in [3.05, 3.63) is 23.3 Å². The van der Waals surface area contributed by atoms with E-state index >= 15 is 0 Å². The Bertz CT molecular complexity index is 441. The van der Waals surface area contributed by atoms with Crippen molar-refractivity contribution < 1.29 is 13.9 Å². The van der Waals surface area contributed by atoms with Crippen LogP contribution in [0.4, 0.5) is 4.39 Å². The quantitative estimate of drug-likeness (QED) is 0.837. The Labute approximate surface area is 93.3 Å². The van der Waals surface area contributed by atoms with E-state index in [2.05, 4.69) is 0 Å². The molecule has 1 atom stereocenters. The summed E-state index contributed by atoms with van der Waals surface area (Å²) in [5.41, 5.74) is 7.32. The summed E-state index contributed by atoms with van der Waals surface area (Å²) in [7, 11) is 0. The van der Waals surface area contributed by atoms with Gasteiger partial charge < -0.3 is 15.2 Å². The predicted molar refractivity (Wildman–Crippen MR) is 57.2 cm³/mol. The molecule has 1 unspecified atom stereocenters. The fourth-order valence-electron chi connectivity index (χ4n) is 2.03. The van der Waals surface area contributed by atoms with E-state index in [0.29, 0.717) is 17.1 Å². The molecule has 4 heteroatoms. The van der Waals surface area contributed by atoms with E-state index in [1.54, 1.807) is 6.07 Å². The fraction of sp³-hybridized carbons (Fsp3) is 0.500. The Morgan fingerprint density at radius 2 is 2.12 bits per heavy atom. The lowest BCUT2D eigenvalue weighted by Crippen LogP contribution is -2.19. The van der Waals surface area contributed by atoms with Crippen molar-refractivity contribution in [1.29, 1.82) is 0 Å². The molecule has 2 N–H and O–H groups in total. The van der Waals surface area contributed by atoms with Crippen LogP contribution in [0.1, 0.15) is 37.1 Å². The van der Waals surface area contributed by atoms with E-state index in [0.717, 1.165) is 18.4 Å². The van der Waals surface area contributed by atoms with Gasteiger partial charge in [0.05, 0.1) is 0 Å². The summed E-state index contributed by atoms with van der Waals surface area (Å²) in [4.78, 5) is 0. The Morgan fingerprint density at radius 1 is 1.38 bits per heavy atom. The molecule has 1 aliphatic carbocycles. The maximum atomic E-state index is 13.4. The third kappa shape index (κ3) is 1.37. The van der Waals surface area contributed by atoms with E-state index < -0.39 is 6.17 Å². The number of halogens is 1. The van der Waals surface area contributed by atoms with Gasteiger partial charge in [-0.15, -0.1) is 0 Å². The molecule has 3 nitrogen and oxygen atoms in total. The van der Waals surface area contributed by atoms with Crippen molar-refractivity contribution in [2.75, 3.05) is 6.79 Å². The summed E-state index contributed by atoms with van der Waals surface area (Å²) in [6.07, 6.45) is 0.829. The predicted octanol–water partition coefficient (Wildman–Crippen LogP) is 2.39. The number of ether oxygens (including phenoxy) is 2. The monoisotopic (exact) mass is 223 g/mol. The summed E-state index contributed by atoms with van der Waals surface area (Å²) >= 11 is 0. The number of alkyl halides is 1. The summed E-state index contributed by atoms with van der Waals surface area (Å²) in [6.45, 7) is 1.71. The molecule has 0 saturated heterocycles. The number of nitrogens with two attached hydrogens (primary N) is 1. The van der Waals surface area contributed by atoms with Crippen LogP contribution in [0.25, 0.3) is 0 Å². The molecule has 0 bridgehead atoms. The van der Waals surface area contributed by atoms with Crippen molar-refractivity contribution in [3.63, 3.8) is 0 Å². The molecule has 86 valence electrons. The van der Waals surface area contributed by atoms with Crippen LogP contribution >= 0.6 is 0 Å². The van der Waals surface area contributed by atoms with Crippen molar-refractivity contribution in [2.45, 2.75) is 31.5 Å². The third-order valence-electron chi connectivity index (χ3n) is 3.28. The smallest absolute Gasteiger partial charge is 0.231 e. The van der Waals surface area contributed by atoms with Crippen molar-refractivity contribution in [3.8, 4) is 11.5 Å². The molecule has 0 amide bonds. The summed E-state index contributed by atoms with van der Waals surface area (Å²) in [6, 6.07) is 3.51. The average molecular weight is 223 g/mol. The molecular weight excluding hydrogens is 209 g/mol. The zero-order valence-electron chi connectivity index (χ0n) is 9.13. The van der Waals surface area contributed by atoms with Gasteiger partial charge in [-0.05, 0) is 37.5 Å². The lowest BCUT2D eigenvalue weighted by Gasteiger charge is -2.14. The Morgan fingerprint density at radius 3 is 2.75 bits per heavy atom. The van der Waals surface area contributed by atoms with E-state index in [1.807, 2.05) is 6.07 Å². The van der Waals surface area contributed by atoms with Gasteiger partial charge in [-0.1, -0.05) is 0 Å². The maximum absolute atomic E-state index is 13.4. The van der Waals surface area contributed by atoms with E-state index in [-0.39, 0.29) is 12.3 Å². The molecule has 1 saturated carbocycles. The van der Waals surface area contributed by atoms with Gasteiger partial charge in [-0.2, -0.15) is 0 Å². The first-order valence-corrected chi connectivity index (χ1v) is 5.47. The lowest BCUT2D eigenvalue weighted by molar-refractivity contribution is 0.172. The lowest BCUT2D eigenvalue weighted by atomic mass is 9.99. The van der Waals surface area contributed by atoms with Crippen LogP contribution in [0.5, 0.6) is 11.5 Å². The topological polar surface area (TPSA) is 44.5 Å². The summed E-state index contributed by atoms with van der Waals surface area (Å²) < 4.78 is 24.1. The fourth-order valence-corrected chi connectivity index (χ4v) is 2.03. The van der Waals surface area contributed by atoms with Gasteiger partial charge in [-0.25, -0.2) is 4.39 Å². The maximum Gasteiger partial charge on any atom is 0.231 e. The van der Waals surface area contributed by atoms with Gasteiger partial charge >= 0.3 is 0 Å². The first-order chi connectivity index (χ1) is 7.60. The van der Waals surface area contributed by atoms with Gasteiger partial charge in [0.15, 0.2) is 11.5 Å². The third-order valence-corrected chi connectivity index (χ3v) is 3.28. The van der Waals surface area contributed by atoms with E-state index in [9.17, 15) is 4.39 Å². The van der Waals surface area contributed by atoms with Crippen LogP contribution in [-0.2, 0) is 5.54 Å². The number of fused-ring (bicyclic) bond motifs is 1. The van der Waals surface area contributed by atoms with Crippen molar-refractivity contribution in [1.82, 2.24) is 0 Å². The zero-order valence-corrected chi connectivity index (χ0v) is 9.13. The Balaban J connectivity index is 2.14. The molecule has 2 aliphatic rings. The molecule has 16 heavy (non-hydrogen) atoms. The second kappa shape index (κ2) is 3.10. The Kier molecular flexibility index (Phi) is 1.92. The molecule has 1 aromatic rings. The van der Waals surface area contributed by atoms with Crippen LogP contribution in [-0.4, -0.2) is 6.79 Å². The minimum absolute atomic E-state index is 0.197. The molecule has 1 aromatic carbocycles.